The molecule has 148 valence electrons. The van der Waals surface area contributed by atoms with Crippen molar-refractivity contribution in [1.82, 2.24) is 4.90 Å². The Balaban J connectivity index is 1.72. The first kappa shape index (κ1) is 17.9. The van der Waals surface area contributed by atoms with Gasteiger partial charge in [0.2, 0.25) is 5.91 Å². The zero-order chi connectivity index (χ0) is 19.8. The van der Waals surface area contributed by atoms with Crippen molar-refractivity contribution in [3.05, 3.63) is 41.5 Å². The smallest absolute Gasteiger partial charge is 0.316 e. The topological polar surface area (TPSA) is 70.1 Å². The number of aliphatic hydroxyl groups excluding tert-OH is 1. The molecular formula is C22H26N2O4. The lowest BCUT2D eigenvalue weighted by Crippen LogP contribution is -2.67. The summed E-state index contributed by atoms with van der Waals surface area (Å²) in [6, 6.07) is 7.82. The van der Waals surface area contributed by atoms with Gasteiger partial charge >= 0.3 is 5.97 Å². The molecule has 5 aliphatic rings. The van der Waals surface area contributed by atoms with Crippen molar-refractivity contribution in [2.45, 2.75) is 37.3 Å². The maximum absolute atomic E-state index is 13.6. The van der Waals surface area contributed by atoms with Gasteiger partial charge < -0.3 is 14.7 Å². The van der Waals surface area contributed by atoms with Crippen molar-refractivity contribution in [1.29, 1.82) is 0 Å². The van der Waals surface area contributed by atoms with Gasteiger partial charge in [0, 0.05) is 37.3 Å². The number of hydrogen-bond donors (Lipinski definition) is 1. The van der Waals surface area contributed by atoms with Crippen LogP contribution in [0.2, 0.25) is 0 Å². The molecule has 0 saturated carbocycles. The normalized spacial score (nSPS) is 41.8. The molecule has 4 bridgehead atoms. The van der Waals surface area contributed by atoms with Crippen LogP contribution < -0.4 is 4.90 Å². The zero-order valence-corrected chi connectivity index (χ0v) is 16.5. The number of amides is 1. The maximum Gasteiger partial charge on any atom is 0.316 e. The highest BCUT2D eigenvalue weighted by Crippen LogP contribution is 2.65. The van der Waals surface area contributed by atoms with Crippen LogP contribution in [0.25, 0.3) is 0 Å². The van der Waals surface area contributed by atoms with E-state index in [9.17, 15) is 14.7 Å². The van der Waals surface area contributed by atoms with E-state index in [1.165, 1.54) is 7.11 Å². The summed E-state index contributed by atoms with van der Waals surface area (Å²) in [6.45, 7) is 2.46. The Labute approximate surface area is 164 Å². The second-order valence-corrected chi connectivity index (χ2v) is 8.60. The van der Waals surface area contributed by atoms with E-state index in [1.54, 1.807) is 4.90 Å². The van der Waals surface area contributed by atoms with Crippen LogP contribution >= 0.6 is 0 Å². The number of fused-ring (bicyclic) bond motifs is 3. The number of allylic oxidation sites excluding steroid dienone is 1. The van der Waals surface area contributed by atoms with Crippen LogP contribution in [0.15, 0.2) is 35.9 Å². The number of likely N-dealkylation sites (N-methyl/N-ethyl adjacent to an activating group) is 1. The third-order valence-corrected chi connectivity index (χ3v) is 8.00. The van der Waals surface area contributed by atoms with Crippen LogP contribution in [0, 0.1) is 11.3 Å². The first-order chi connectivity index (χ1) is 13.5. The Bertz CT molecular complexity index is 912. The lowest BCUT2D eigenvalue weighted by Gasteiger charge is -2.57. The van der Waals surface area contributed by atoms with Crippen molar-refractivity contribution in [2.75, 3.05) is 32.2 Å². The van der Waals surface area contributed by atoms with Gasteiger partial charge in [-0.15, -0.1) is 0 Å². The fourth-order valence-corrected chi connectivity index (χ4v) is 6.79. The first-order valence-electron chi connectivity index (χ1n) is 9.95. The van der Waals surface area contributed by atoms with Gasteiger partial charge in [0.25, 0.3) is 0 Å². The molecule has 1 amide bonds. The number of carbonyl (C=O) groups excluding carboxylic acids is 2. The van der Waals surface area contributed by atoms with E-state index in [0.717, 1.165) is 23.4 Å². The first-order valence-corrected chi connectivity index (χ1v) is 9.95. The molecule has 6 nitrogen and oxygen atoms in total. The van der Waals surface area contributed by atoms with Crippen molar-refractivity contribution in [2.24, 2.45) is 11.3 Å². The van der Waals surface area contributed by atoms with E-state index in [2.05, 4.69) is 17.0 Å². The van der Waals surface area contributed by atoms with Gasteiger partial charge in [0.05, 0.1) is 19.1 Å². The van der Waals surface area contributed by atoms with Gasteiger partial charge in [-0.05, 0) is 31.4 Å². The van der Waals surface area contributed by atoms with Gasteiger partial charge in [-0.3, -0.25) is 14.5 Å². The predicted molar refractivity (Wildman–Crippen MR) is 104 cm³/mol. The average molecular weight is 382 g/mol. The van der Waals surface area contributed by atoms with Crippen molar-refractivity contribution >= 4 is 17.6 Å². The molecule has 0 aliphatic carbocycles. The number of anilines is 1. The van der Waals surface area contributed by atoms with E-state index in [4.69, 9.17) is 4.74 Å². The monoisotopic (exact) mass is 382 g/mol. The highest BCUT2D eigenvalue weighted by molar-refractivity contribution is 6.09. The molecule has 4 saturated heterocycles. The summed E-state index contributed by atoms with van der Waals surface area (Å²) in [7, 11) is 3.22. The largest absolute Gasteiger partial charge is 0.468 e. The highest BCUT2D eigenvalue weighted by Gasteiger charge is 2.74. The third kappa shape index (κ3) is 1.72. The number of aliphatic hydroxyl groups is 1. The van der Waals surface area contributed by atoms with Crippen LogP contribution in [-0.4, -0.2) is 61.3 Å². The minimum absolute atomic E-state index is 0.0362. The Morgan fingerprint density at radius 2 is 2.11 bits per heavy atom. The molecule has 5 aliphatic heterocycles. The van der Waals surface area contributed by atoms with E-state index >= 15 is 0 Å². The van der Waals surface area contributed by atoms with Gasteiger partial charge in [-0.1, -0.05) is 29.8 Å². The Morgan fingerprint density at radius 1 is 1.36 bits per heavy atom. The number of piperidine rings is 3. The number of methoxy groups -OCH3 is 1. The summed E-state index contributed by atoms with van der Waals surface area (Å²) < 4.78 is 5.20. The van der Waals surface area contributed by atoms with Crippen LogP contribution in [0.1, 0.15) is 25.3 Å². The molecule has 0 aromatic heterocycles. The molecule has 4 fully saturated rings. The second-order valence-electron chi connectivity index (χ2n) is 8.60. The van der Waals surface area contributed by atoms with E-state index < -0.39 is 10.8 Å². The second kappa shape index (κ2) is 5.67. The molecule has 1 unspecified atom stereocenters. The molecule has 1 spiro atoms. The summed E-state index contributed by atoms with van der Waals surface area (Å²) in [4.78, 5) is 30.7. The molecule has 1 aromatic rings. The summed E-state index contributed by atoms with van der Waals surface area (Å²) in [5.74, 6) is -0.357. The van der Waals surface area contributed by atoms with Crippen molar-refractivity contribution < 1.29 is 19.4 Å². The average Bonchev–Trinajstić information content (AvgIpc) is 3.13. The molecule has 6 atom stereocenters. The minimum Gasteiger partial charge on any atom is -0.468 e. The Morgan fingerprint density at radius 3 is 2.79 bits per heavy atom. The number of carbonyl (C=O) groups is 2. The van der Waals surface area contributed by atoms with Gasteiger partial charge in [-0.25, -0.2) is 0 Å². The fourth-order valence-electron chi connectivity index (χ4n) is 6.79. The molecule has 6 rings (SSSR count). The molecule has 1 aromatic carbocycles. The fraction of sp³-hybridized carbons (Fsp3) is 0.545. The Kier molecular flexibility index (Phi) is 3.62. The number of benzene rings is 1. The van der Waals surface area contributed by atoms with Crippen molar-refractivity contribution in [3.63, 3.8) is 0 Å². The number of hydrogen-bond acceptors (Lipinski definition) is 5. The summed E-state index contributed by atoms with van der Waals surface area (Å²) in [6.07, 6.45) is 3.28. The number of rotatable bonds is 2. The number of nitrogens with zero attached hydrogens (tertiary/aromatic N) is 2. The molecule has 28 heavy (non-hydrogen) atoms. The predicted octanol–water partition coefficient (Wildman–Crippen LogP) is 1.48. The van der Waals surface area contributed by atoms with Crippen LogP contribution in [-0.2, 0) is 19.7 Å². The Hall–Kier alpha value is -2.18. The number of esters is 1. The lowest BCUT2D eigenvalue weighted by atomic mass is 9.60. The summed E-state index contributed by atoms with van der Waals surface area (Å²) in [5.41, 5.74) is 1.51. The number of ether oxygens (including phenoxy) is 1. The molecular weight excluding hydrogens is 356 g/mol. The third-order valence-electron chi connectivity index (χ3n) is 8.00. The van der Waals surface area contributed by atoms with E-state index in [-0.39, 0.29) is 36.5 Å². The van der Waals surface area contributed by atoms with Crippen molar-refractivity contribution in [3.8, 4) is 0 Å². The van der Waals surface area contributed by atoms with Crippen LogP contribution in [0.5, 0.6) is 0 Å². The standard InChI is InChI=1S/C22H26N2O4/c1-4-13-11-24-17-9-15(13)22(12-25,20(27)28-3)18(24)10-21(17)14-7-5-6-8-16(14)23(2)19(21)26/h4-8,15,17-18,25H,9-12H2,1-3H3/b13-4+/t15-,17-,18-,21-,22-/m0/s1. The maximum atomic E-state index is 13.6. The molecule has 6 heteroatoms. The van der Waals surface area contributed by atoms with E-state index in [0.29, 0.717) is 12.8 Å². The van der Waals surface area contributed by atoms with Gasteiger partial charge in [0.1, 0.15) is 5.41 Å². The summed E-state index contributed by atoms with van der Waals surface area (Å²) >= 11 is 0. The summed E-state index contributed by atoms with van der Waals surface area (Å²) in [5, 5.41) is 10.5. The zero-order valence-electron chi connectivity index (χ0n) is 16.5. The van der Waals surface area contributed by atoms with Gasteiger partial charge in [-0.2, -0.15) is 0 Å². The number of para-hydroxylation sites is 1. The van der Waals surface area contributed by atoms with E-state index in [1.807, 2.05) is 32.2 Å². The van der Waals surface area contributed by atoms with Gasteiger partial charge in [0.15, 0.2) is 0 Å². The van der Waals surface area contributed by atoms with Crippen LogP contribution in [0.4, 0.5) is 5.69 Å². The minimum atomic E-state index is -1.01. The molecule has 0 radical (unpaired) electrons. The quantitative estimate of drug-likeness (QED) is 0.620. The highest BCUT2D eigenvalue weighted by atomic mass is 16.5. The lowest BCUT2D eigenvalue weighted by molar-refractivity contribution is -0.175. The molecule has 1 N–H and O–H groups in total. The van der Waals surface area contributed by atoms with Crippen LogP contribution in [0.3, 0.4) is 0 Å². The SMILES string of the molecule is C/C=C1\CN2[C@H]3C[C@@]4(C(=O)N(C)c5ccccc54)[C@@H]2C[C@@H]1[C@]3(CO)C(=O)OC. The molecule has 5 heterocycles.